The van der Waals surface area contributed by atoms with E-state index >= 15 is 0 Å². The van der Waals surface area contributed by atoms with Crippen LogP contribution in [0.4, 0.5) is 5.82 Å². The number of hydrogen-bond acceptors (Lipinski definition) is 10. The van der Waals surface area contributed by atoms with Gasteiger partial charge in [-0.3, -0.25) is 4.72 Å². The highest BCUT2D eigenvalue weighted by atomic mass is 35.5. The molecule has 0 aliphatic carbocycles. The Morgan fingerprint density at radius 2 is 1.81 bits per heavy atom. The number of rotatable bonds is 12. The van der Waals surface area contributed by atoms with Crippen molar-refractivity contribution in [1.29, 1.82) is 0 Å². The number of thiophene rings is 1. The Morgan fingerprint density at radius 3 is 2.48 bits per heavy atom. The Labute approximate surface area is 253 Å². The summed E-state index contributed by atoms with van der Waals surface area (Å²) in [5.41, 5.74) is 1.54. The third kappa shape index (κ3) is 7.97. The average molecular weight is 632 g/mol. The van der Waals surface area contributed by atoms with Crippen LogP contribution in [0.1, 0.15) is 42.4 Å². The number of halogens is 1. The molecule has 4 rings (SSSR count). The topological polar surface area (TPSA) is 126 Å². The molecule has 2 aromatic heterocycles. The number of nitrogens with zero attached hydrogens (tertiary/aromatic N) is 2. The largest absolute Gasteiger partial charge is 0.497 e. The van der Waals surface area contributed by atoms with Gasteiger partial charge >= 0.3 is 5.97 Å². The Balaban J connectivity index is 1.57. The molecular formula is C29H30ClN3O7S2. The number of nitrogens with one attached hydrogen (secondary N) is 1. The first kappa shape index (κ1) is 31.2. The van der Waals surface area contributed by atoms with E-state index in [1.54, 1.807) is 47.2 Å². The predicted octanol–water partition coefficient (Wildman–Crippen LogP) is 6.46. The number of sulfonamides is 1. The zero-order valence-electron chi connectivity index (χ0n) is 23.4. The second-order valence-corrected chi connectivity index (χ2v) is 12.8. The minimum Gasteiger partial charge on any atom is -0.497 e. The summed E-state index contributed by atoms with van der Waals surface area (Å²) in [5.74, 6) is 0.0687. The summed E-state index contributed by atoms with van der Waals surface area (Å²) in [6.45, 7) is 6.08. The van der Waals surface area contributed by atoms with E-state index in [4.69, 9.17) is 30.5 Å². The van der Waals surface area contributed by atoms with E-state index in [0.717, 1.165) is 5.56 Å². The Kier molecular flexibility index (Phi) is 10.0. The summed E-state index contributed by atoms with van der Waals surface area (Å²) >= 11 is 7.76. The zero-order valence-corrected chi connectivity index (χ0v) is 25.8. The van der Waals surface area contributed by atoms with Crippen molar-refractivity contribution < 1.29 is 32.2 Å². The number of carbonyl (C=O) groups is 1. The van der Waals surface area contributed by atoms with Gasteiger partial charge in [-0.1, -0.05) is 44.5 Å². The van der Waals surface area contributed by atoms with Crippen molar-refractivity contribution in [3.05, 3.63) is 87.5 Å². The van der Waals surface area contributed by atoms with Crippen molar-refractivity contribution in [1.82, 2.24) is 9.97 Å². The van der Waals surface area contributed by atoms with E-state index in [0.29, 0.717) is 11.3 Å². The van der Waals surface area contributed by atoms with Gasteiger partial charge in [-0.15, -0.1) is 0 Å². The first-order valence-electron chi connectivity index (χ1n) is 12.7. The molecule has 0 bridgehead atoms. The molecule has 1 N–H and O–H groups in total. The monoisotopic (exact) mass is 631 g/mol. The van der Waals surface area contributed by atoms with Crippen molar-refractivity contribution in [2.45, 2.75) is 37.7 Å². The van der Waals surface area contributed by atoms with Gasteiger partial charge in [0.1, 0.15) is 30.1 Å². The smallest absolute Gasteiger partial charge is 0.339 e. The van der Waals surface area contributed by atoms with Gasteiger partial charge < -0.3 is 18.9 Å². The first-order chi connectivity index (χ1) is 20.0. The first-order valence-corrected chi connectivity index (χ1v) is 15.5. The quantitative estimate of drug-likeness (QED) is 0.138. The maximum atomic E-state index is 13.4. The molecule has 0 saturated carbocycles. The number of esters is 1. The van der Waals surface area contributed by atoms with Gasteiger partial charge in [0.2, 0.25) is 0 Å². The molecule has 42 heavy (non-hydrogen) atoms. The van der Waals surface area contributed by atoms with E-state index in [-0.39, 0.29) is 58.2 Å². The van der Waals surface area contributed by atoms with Crippen LogP contribution in [0.3, 0.4) is 0 Å². The van der Waals surface area contributed by atoms with E-state index in [9.17, 15) is 13.2 Å². The number of ether oxygens (including phenoxy) is 4. The normalized spacial score (nSPS) is 11.6. The zero-order chi connectivity index (χ0) is 30.3. The Bertz CT molecular complexity index is 1620. The van der Waals surface area contributed by atoms with Crippen LogP contribution in [0.5, 0.6) is 17.2 Å². The molecule has 0 spiro atoms. The summed E-state index contributed by atoms with van der Waals surface area (Å²) in [5, 5.41) is 3.72. The molecule has 0 aliphatic rings. The van der Waals surface area contributed by atoms with Crippen LogP contribution >= 0.6 is 22.9 Å². The molecule has 10 nitrogen and oxygen atoms in total. The highest BCUT2D eigenvalue weighted by molar-refractivity contribution is 7.92. The van der Waals surface area contributed by atoms with Gasteiger partial charge in [-0.05, 0) is 46.7 Å². The number of methoxy groups -OCH3 is 1. The van der Waals surface area contributed by atoms with E-state index in [1.807, 2.05) is 20.8 Å². The van der Waals surface area contributed by atoms with Gasteiger partial charge in [0.05, 0.1) is 35.8 Å². The molecule has 0 atom stereocenters. The van der Waals surface area contributed by atoms with Crippen LogP contribution in [0, 0.1) is 0 Å². The molecule has 0 amide bonds. The molecule has 0 saturated heterocycles. The molecular weight excluding hydrogens is 602 g/mol. The standard InChI is InChI=1S/C29H30ClN3O7S2/c1-29(2,3)20-5-8-22(9-6-20)42(35,36)33-27-26(40-25-15-21(37-4)7-10-23(25)30)24(31-18-32-27)16-38-12-13-39-28(34)19-11-14-41-17-19/h5-11,14-15,17-18H,12-13,16H2,1-4H3,(H,31,32,33). The molecule has 0 aliphatic heterocycles. The van der Waals surface area contributed by atoms with Crippen LogP contribution in [-0.4, -0.2) is 44.7 Å². The second kappa shape index (κ2) is 13.5. The molecule has 4 aromatic rings. The summed E-state index contributed by atoms with van der Waals surface area (Å²) in [6, 6.07) is 13.1. The second-order valence-electron chi connectivity index (χ2n) is 9.98. The minimum absolute atomic E-state index is 0.00170. The number of benzene rings is 2. The van der Waals surface area contributed by atoms with Crippen molar-refractivity contribution in [3.8, 4) is 17.2 Å². The van der Waals surface area contributed by atoms with Crippen LogP contribution < -0.4 is 14.2 Å². The fraction of sp³-hybridized carbons (Fsp3) is 0.276. The van der Waals surface area contributed by atoms with Gasteiger partial charge in [0, 0.05) is 11.4 Å². The molecule has 13 heteroatoms. The number of aromatic nitrogens is 2. The number of hydrogen-bond donors (Lipinski definition) is 1. The fourth-order valence-electron chi connectivity index (χ4n) is 3.64. The lowest BCUT2D eigenvalue weighted by Crippen LogP contribution is -2.17. The van der Waals surface area contributed by atoms with Gasteiger partial charge in [0.15, 0.2) is 11.6 Å². The Hall–Kier alpha value is -3.71. The SMILES string of the molecule is COc1ccc(Cl)c(Oc2c(COCCOC(=O)c3ccsc3)ncnc2NS(=O)(=O)c2ccc(C(C)(C)C)cc2)c1. The van der Waals surface area contributed by atoms with Gasteiger partial charge in [-0.2, -0.15) is 11.3 Å². The molecule has 0 radical (unpaired) electrons. The summed E-state index contributed by atoms with van der Waals surface area (Å²) < 4.78 is 51.4. The van der Waals surface area contributed by atoms with Gasteiger partial charge in [0.25, 0.3) is 10.0 Å². The lowest BCUT2D eigenvalue weighted by atomic mass is 9.87. The fourth-order valence-corrected chi connectivity index (χ4v) is 5.43. The predicted molar refractivity (Wildman–Crippen MR) is 160 cm³/mol. The van der Waals surface area contributed by atoms with Crippen LogP contribution in [0.15, 0.2) is 70.5 Å². The average Bonchev–Trinajstić information content (AvgIpc) is 3.50. The Morgan fingerprint density at radius 1 is 1.05 bits per heavy atom. The maximum Gasteiger partial charge on any atom is 0.339 e. The number of carbonyl (C=O) groups excluding carboxylic acids is 1. The molecule has 2 aromatic carbocycles. The molecule has 0 fully saturated rings. The van der Waals surface area contributed by atoms with Crippen molar-refractivity contribution in [2.75, 3.05) is 25.0 Å². The third-order valence-corrected chi connectivity index (χ3v) is 8.30. The minimum atomic E-state index is -4.07. The summed E-state index contributed by atoms with van der Waals surface area (Å²) in [7, 11) is -2.57. The molecule has 2 heterocycles. The van der Waals surface area contributed by atoms with E-state index in [1.165, 1.54) is 36.9 Å². The summed E-state index contributed by atoms with van der Waals surface area (Å²) in [6.07, 6.45) is 1.19. The van der Waals surface area contributed by atoms with Crippen molar-refractivity contribution >= 4 is 44.7 Å². The highest BCUT2D eigenvalue weighted by Gasteiger charge is 2.23. The lowest BCUT2D eigenvalue weighted by molar-refractivity contribution is 0.0282. The van der Waals surface area contributed by atoms with Crippen LogP contribution in [-0.2, 0) is 31.5 Å². The summed E-state index contributed by atoms with van der Waals surface area (Å²) in [4.78, 5) is 20.5. The molecule has 0 unspecified atom stereocenters. The maximum absolute atomic E-state index is 13.4. The van der Waals surface area contributed by atoms with E-state index in [2.05, 4.69) is 14.7 Å². The molecule has 222 valence electrons. The highest BCUT2D eigenvalue weighted by Crippen LogP contribution is 2.37. The van der Waals surface area contributed by atoms with Crippen LogP contribution in [0.2, 0.25) is 5.02 Å². The third-order valence-electron chi connectivity index (χ3n) is 5.95. The number of anilines is 1. The van der Waals surface area contributed by atoms with Crippen LogP contribution in [0.25, 0.3) is 0 Å². The lowest BCUT2D eigenvalue weighted by Gasteiger charge is -2.19. The van der Waals surface area contributed by atoms with Crippen molar-refractivity contribution in [2.24, 2.45) is 0 Å². The van der Waals surface area contributed by atoms with Crippen molar-refractivity contribution in [3.63, 3.8) is 0 Å². The van der Waals surface area contributed by atoms with E-state index < -0.39 is 16.0 Å². The van der Waals surface area contributed by atoms with Gasteiger partial charge in [-0.25, -0.2) is 23.2 Å².